The minimum Gasteiger partial charge on any atom is -0.326 e. The highest BCUT2D eigenvalue weighted by molar-refractivity contribution is 5.90. The molecule has 1 aliphatic rings. The summed E-state index contributed by atoms with van der Waals surface area (Å²) < 4.78 is 2.30. The summed E-state index contributed by atoms with van der Waals surface area (Å²) in [5, 5.41) is 2.58. The van der Waals surface area contributed by atoms with E-state index >= 15 is 0 Å². The highest BCUT2D eigenvalue weighted by atomic mass is 15.5. The lowest BCUT2D eigenvalue weighted by Gasteiger charge is -2.28. The van der Waals surface area contributed by atoms with Crippen LogP contribution in [0.25, 0.3) is 22.0 Å². The van der Waals surface area contributed by atoms with Gasteiger partial charge in [-0.05, 0) is 74.4 Å². The summed E-state index contributed by atoms with van der Waals surface area (Å²) in [7, 11) is 2.16. The van der Waals surface area contributed by atoms with Gasteiger partial charge in [0.15, 0.2) is 6.17 Å². The molecule has 3 heterocycles. The molecule has 1 atom stereocenters. The Labute approximate surface area is 184 Å². The fourth-order valence-electron chi connectivity index (χ4n) is 5.08. The third kappa shape index (κ3) is 2.97. The summed E-state index contributed by atoms with van der Waals surface area (Å²) in [5.41, 5.74) is 4.96. The Morgan fingerprint density at radius 3 is 2.55 bits per heavy atom. The zero-order valence-corrected chi connectivity index (χ0v) is 18.9. The second kappa shape index (κ2) is 7.38. The van der Waals surface area contributed by atoms with Crippen LogP contribution >= 0.6 is 0 Å². The van der Waals surface area contributed by atoms with Gasteiger partial charge in [-0.3, -0.25) is 0 Å². The SMILES string of the molecule is Cc1c(-c2cccc(N3c4ncccc4N(C(C)C)[C@H]3C)[n+]2C)ccc2ccccc12. The average Bonchev–Trinajstić information content (AvgIpc) is 3.07. The van der Waals surface area contributed by atoms with Crippen molar-refractivity contribution >= 4 is 28.1 Å². The molecule has 1 aliphatic heterocycles. The van der Waals surface area contributed by atoms with Crippen LogP contribution in [0.2, 0.25) is 0 Å². The normalized spacial score (nSPS) is 15.7. The number of benzene rings is 2. The van der Waals surface area contributed by atoms with Crippen molar-refractivity contribution in [2.75, 3.05) is 9.80 Å². The van der Waals surface area contributed by atoms with Gasteiger partial charge < -0.3 is 4.90 Å². The number of fused-ring (bicyclic) bond motifs is 2. The summed E-state index contributed by atoms with van der Waals surface area (Å²) in [6.45, 7) is 8.97. The first-order chi connectivity index (χ1) is 15.0. The molecule has 5 rings (SSSR count). The lowest BCUT2D eigenvalue weighted by atomic mass is 9.97. The largest absolute Gasteiger partial charge is 0.326 e. The molecule has 156 valence electrons. The third-order valence-electron chi connectivity index (χ3n) is 6.53. The highest BCUT2D eigenvalue weighted by Gasteiger charge is 2.43. The van der Waals surface area contributed by atoms with Crippen molar-refractivity contribution in [2.45, 2.75) is 39.9 Å². The zero-order valence-electron chi connectivity index (χ0n) is 18.9. The maximum absolute atomic E-state index is 4.77. The van der Waals surface area contributed by atoms with Crippen LogP contribution in [0.3, 0.4) is 0 Å². The number of nitrogens with zero attached hydrogens (tertiary/aromatic N) is 4. The fourth-order valence-corrected chi connectivity index (χ4v) is 5.08. The van der Waals surface area contributed by atoms with E-state index in [4.69, 9.17) is 4.98 Å². The maximum Gasteiger partial charge on any atom is 0.284 e. The molecule has 4 heteroatoms. The molecule has 4 aromatic rings. The van der Waals surface area contributed by atoms with E-state index in [2.05, 4.69) is 110 Å². The molecule has 31 heavy (non-hydrogen) atoms. The van der Waals surface area contributed by atoms with E-state index in [1.807, 2.05) is 12.3 Å². The molecule has 2 aromatic carbocycles. The Bertz CT molecular complexity index is 1280. The number of anilines is 3. The van der Waals surface area contributed by atoms with Gasteiger partial charge in [0.25, 0.3) is 5.82 Å². The van der Waals surface area contributed by atoms with Crippen LogP contribution in [-0.2, 0) is 7.05 Å². The van der Waals surface area contributed by atoms with Gasteiger partial charge in [-0.1, -0.05) is 30.3 Å². The summed E-state index contributed by atoms with van der Waals surface area (Å²) in [6, 6.07) is 24.2. The predicted octanol–water partition coefficient (Wildman–Crippen LogP) is 5.75. The Morgan fingerprint density at radius 1 is 0.935 bits per heavy atom. The lowest BCUT2D eigenvalue weighted by Crippen LogP contribution is -2.47. The van der Waals surface area contributed by atoms with Gasteiger partial charge in [-0.2, -0.15) is 4.90 Å². The summed E-state index contributed by atoms with van der Waals surface area (Å²) in [5.74, 6) is 2.16. The van der Waals surface area contributed by atoms with E-state index < -0.39 is 0 Å². The molecule has 0 unspecified atom stereocenters. The van der Waals surface area contributed by atoms with Crippen LogP contribution in [0.1, 0.15) is 26.3 Å². The van der Waals surface area contributed by atoms with Gasteiger partial charge in [-0.15, -0.1) is 0 Å². The van der Waals surface area contributed by atoms with Crippen LogP contribution in [0.5, 0.6) is 0 Å². The van der Waals surface area contributed by atoms with Crippen LogP contribution in [-0.4, -0.2) is 17.2 Å². The minimum atomic E-state index is 0.184. The molecular formula is C27H29N4+. The van der Waals surface area contributed by atoms with E-state index in [0.717, 1.165) is 11.6 Å². The van der Waals surface area contributed by atoms with Crippen molar-refractivity contribution in [3.8, 4) is 11.3 Å². The van der Waals surface area contributed by atoms with Crippen LogP contribution in [0.4, 0.5) is 17.3 Å². The predicted molar refractivity (Wildman–Crippen MR) is 129 cm³/mol. The molecule has 0 radical (unpaired) electrons. The van der Waals surface area contributed by atoms with Crippen LogP contribution in [0.15, 0.2) is 72.9 Å². The van der Waals surface area contributed by atoms with Crippen molar-refractivity contribution in [1.82, 2.24) is 4.98 Å². The van der Waals surface area contributed by atoms with E-state index in [1.165, 1.54) is 33.3 Å². The third-order valence-corrected chi connectivity index (χ3v) is 6.53. The first kappa shape index (κ1) is 19.6. The quantitative estimate of drug-likeness (QED) is 0.403. The summed E-state index contributed by atoms with van der Waals surface area (Å²) >= 11 is 0. The molecular weight excluding hydrogens is 380 g/mol. The molecule has 4 nitrogen and oxygen atoms in total. The average molecular weight is 410 g/mol. The van der Waals surface area contributed by atoms with Crippen molar-refractivity contribution < 1.29 is 4.57 Å². The summed E-state index contributed by atoms with van der Waals surface area (Å²) in [4.78, 5) is 9.57. The Morgan fingerprint density at radius 2 is 1.74 bits per heavy atom. The topological polar surface area (TPSA) is 23.3 Å². The number of hydrogen-bond donors (Lipinski definition) is 0. The molecule has 0 N–H and O–H groups in total. The van der Waals surface area contributed by atoms with Crippen LogP contribution < -0.4 is 14.4 Å². The number of aromatic nitrogens is 2. The second-order valence-electron chi connectivity index (χ2n) is 8.64. The van der Waals surface area contributed by atoms with Crippen LogP contribution in [0, 0.1) is 6.92 Å². The second-order valence-corrected chi connectivity index (χ2v) is 8.64. The first-order valence-corrected chi connectivity index (χ1v) is 11.0. The number of pyridine rings is 2. The van der Waals surface area contributed by atoms with Crippen molar-refractivity contribution in [1.29, 1.82) is 0 Å². The number of rotatable bonds is 3. The molecule has 0 saturated heterocycles. The Kier molecular flexibility index (Phi) is 4.66. The van der Waals surface area contributed by atoms with Gasteiger partial charge >= 0.3 is 0 Å². The highest BCUT2D eigenvalue weighted by Crippen LogP contribution is 2.42. The molecule has 0 fully saturated rings. The van der Waals surface area contributed by atoms with E-state index in [-0.39, 0.29) is 6.17 Å². The summed E-state index contributed by atoms with van der Waals surface area (Å²) in [6.07, 6.45) is 2.07. The molecule has 0 aliphatic carbocycles. The maximum atomic E-state index is 4.77. The Hall–Kier alpha value is -3.40. The molecule has 2 aromatic heterocycles. The van der Waals surface area contributed by atoms with E-state index in [9.17, 15) is 0 Å². The lowest BCUT2D eigenvalue weighted by molar-refractivity contribution is -0.647. The minimum absolute atomic E-state index is 0.184. The van der Waals surface area contributed by atoms with Gasteiger partial charge in [-0.25, -0.2) is 9.55 Å². The van der Waals surface area contributed by atoms with E-state index in [0.29, 0.717) is 6.04 Å². The molecule has 0 amide bonds. The smallest absolute Gasteiger partial charge is 0.284 e. The van der Waals surface area contributed by atoms with Gasteiger partial charge in [0, 0.05) is 23.9 Å². The standard InChI is InChI=1S/C27H29N4/c1-18(2)30-20(4)31(27-25(30)13-9-17-28-27)26-14-8-12-24(29(26)5)23-16-15-21-10-6-7-11-22(21)19(23)3/h6-18,20H,1-5H3/q+1/t20-/m1/s1. The van der Waals surface area contributed by atoms with Crippen molar-refractivity contribution in [3.63, 3.8) is 0 Å². The monoisotopic (exact) mass is 409 g/mol. The van der Waals surface area contributed by atoms with E-state index in [1.54, 1.807) is 0 Å². The Balaban J connectivity index is 1.67. The fraction of sp³-hybridized carbons (Fsp3) is 0.259. The number of hydrogen-bond acceptors (Lipinski definition) is 3. The first-order valence-electron chi connectivity index (χ1n) is 11.0. The zero-order chi connectivity index (χ0) is 21.7. The molecule has 0 saturated carbocycles. The number of aryl methyl sites for hydroxylation is 1. The van der Waals surface area contributed by atoms with Crippen molar-refractivity contribution in [2.24, 2.45) is 7.05 Å². The van der Waals surface area contributed by atoms with Crippen molar-refractivity contribution in [3.05, 3.63) is 78.5 Å². The van der Waals surface area contributed by atoms with Gasteiger partial charge in [0.05, 0.1) is 7.05 Å². The molecule has 0 bridgehead atoms. The molecule has 0 spiro atoms. The van der Waals surface area contributed by atoms with Gasteiger partial charge in [0.1, 0.15) is 11.4 Å². The van der Waals surface area contributed by atoms with Gasteiger partial charge in [0.2, 0.25) is 5.82 Å².